The van der Waals surface area contributed by atoms with E-state index >= 15 is 0 Å². The van der Waals surface area contributed by atoms with Crippen LogP contribution in [-0.2, 0) is 4.79 Å². The summed E-state index contributed by atoms with van der Waals surface area (Å²) in [7, 11) is 0. The van der Waals surface area contributed by atoms with Crippen molar-refractivity contribution in [1.82, 2.24) is 0 Å². The van der Waals surface area contributed by atoms with Gasteiger partial charge < -0.3 is 17.2 Å². The van der Waals surface area contributed by atoms with Gasteiger partial charge in [-0.15, -0.1) is 0 Å². The maximum absolute atomic E-state index is 9.44. The Kier molecular flexibility index (Phi) is 9.48. The van der Waals surface area contributed by atoms with Crippen LogP contribution in [0.4, 0.5) is 0 Å². The van der Waals surface area contributed by atoms with Crippen molar-refractivity contribution >= 4 is 5.78 Å². The van der Waals surface area contributed by atoms with Crippen LogP contribution in [0.1, 0.15) is 19.4 Å². The fraction of sp³-hybridized carbons (Fsp3) is 0.300. The maximum Gasteiger partial charge on any atom is 0.126 e. The fourth-order valence-corrected chi connectivity index (χ4v) is 0.534. The van der Waals surface area contributed by atoms with Crippen LogP contribution in [0.3, 0.4) is 0 Å². The summed E-state index contributed by atoms with van der Waals surface area (Å²) in [6.07, 6.45) is 0. The highest BCUT2D eigenvalue weighted by atomic mass is 35.5. The van der Waals surface area contributed by atoms with E-state index in [4.69, 9.17) is 0 Å². The molecule has 0 amide bonds. The van der Waals surface area contributed by atoms with E-state index in [1.54, 1.807) is 0 Å². The molecule has 1 rings (SSSR count). The van der Waals surface area contributed by atoms with Crippen molar-refractivity contribution in [2.24, 2.45) is 0 Å². The molecule has 68 valence electrons. The highest BCUT2D eigenvalue weighted by Crippen LogP contribution is 1.92. The van der Waals surface area contributed by atoms with E-state index in [0.717, 1.165) is 0 Å². The number of Topliss-reactive ketones (excluding diaryl/α,β-unsaturated/α-hetero) is 1. The molecule has 0 aliphatic carbocycles. The molecule has 0 radical (unpaired) electrons. The molecule has 0 saturated heterocycles. The van der Waals surface area contributed by atoms with E-state index in [-0.39, 0.29) is 18.2 Å². The smallest absolute Gasteiger partial charge is 0.126 e. The van der Waals surface area contributed by atoms with Gasteiger partial charge >= 0.3 is 0 Å². The lowest BCUT2D eigenvalue weighted by molar-refractivity contribution is -0.115. The van der Waals surface area contributed by atoms with Crippen LogP contribution in [0.2, 0.25) is 0 Å². The van der Waals surface area contributed by atoms with Crippen LogP contribution in [0.5, 0.6) is 0 Å². The Labute approximate surface area is 80.2 Å². The van der Waals surface area contributed by atoms with E-state index in [2.05, 4.69) is 19.1 Å². The van der Waals surface area contributed by atoms with Crippen molar-refractivity contribution in [3.05, 3.63) is 35.9 Å². The van der Waals surface area contributed by atoms with Crippen molar-refractivity contribution in [2.45, 2.75) is 20.8 Å². The molecule has 0 N–H and O–H groups in total. The molecule has 0 aliphatic heterocycles. The highest BCUT2D eigenvalue weighted by molar-refractivity contribution is 5.72. The Morgan fingerprint density at radius 3 is 1.58 bits per heavy atom. The zero-order chi connectivity index (χ0) is 8.69. The predicted octanol–water partition coefficient (Wildman–Crippen LogP) is -0.406. The third kappa shape index (κ3) is 11.9. The first-order valence-corrected chi connectivity index (χ1v) is 3.61. The molecule has 0 bridgehead atoms. The minimum atomic E-state index is 0. The highest BCUT2D eigenvalue weighted by Gasteiger charge is 1.72. The number of aryl methyl sites for hydroxylation is 1. The molecule has 1 aromatic rings. The van der Waals surface area contributed by atoms with Gasteiger partial charge in [-0.1, -0.05) is 35.9 Å². The first-order chi connectivity index (χ1) is 5.13. The second-order valence-corrected chi connectivity index (χ2v) is 2.56. The van der Waals surface area contributed by atoms with Gasteiger partial charge in [0.05, 0.1) is 0 Å². The van der Waals surface area contributed by atoms with Crippen molar-refractivity contribution in [2.75, 3.05) is 0 Å². The van der Waals surface area contributed by atoms with Crippen molar-refractivity contribution in [3.8, 4) is 0 Å². The molecule has 0 saturated carbocycles. The van der Waals surface area contributed by atoms with Gasteiger partial charge in [-0.2, -0.15) is 0 Å². The van der Waals surface area contributed by atoms with E-state index in [0.29, 0.717) is 0 Å². The quantitative estimate of drug-likeness (QED) is 0.538. The molecule has 0 spiro atoms. The maximum atomic E-state index is 9.44. The zero-order valence-electron chi connectivity index (χ0n) is 7.67. The predicted molar refractivity (Wildman–Crippen MR) is 47.5 cm³/mol. The Balaban J connectivity index is 0. The molecule has 1 nitrogen and oxygen atoms in total. The van der Waals surface area contributed by atoms with Gasteiger partial charge in [0.2, 0.25) is 0 Å². The third-order valence-electron chi connectivity index (χ3n) is 0.940. The lowest BCUT2D eigenvalue weighted by Gasteiger charge is -1.82. The molecular weight excluding hydrogens is 172 g/mol. The number of hydrogen-bond acceptors (Lipinski definition) is 1. The molecule has 12 heavy (non-hydrogen) atoms. The first-order valence-electron chi connectivity index (χ1n) is 3.61. The Morgan fingerprint density at radius 1 is 1.08 bits per heavy atom. The van der Waals surface area contributed by atoms with Gasteiger partial charge in [-0.05, 0) is 20.8 Å². The Morgan fingerprint density at radius 2 is 1.42 bits per heavy atom. The summed E-state index contributed by atoms with van der Waals surface area (Å²) in [4.78, 5) is 9.44. The number of benzene rings is 1. The number of ketones is 1. The fourth-order valence-electron chi connectivity index (χ4n) is 0.534. The topological polar surface area (TPSA) is 17.1 Å². The first kappa shape index (κ1) is 13.7. The van der Waals surface area contributed by atoms with E-state index < -0.39 is 0 Å². The standard InChI is InChI=1S/C7H8.C3H6O.ClH/c1-7-5-3-2-4-6-7;1-3(2)4;/h2-6H,1H3;1-2H3;1H/p-1. The minimum Gasteiger partial charge on any atom is -1.00 e. The monoisotopic (exact) mass is 185 g/mol. The van der Waals surface area contributed by atoms with Crippen LogP contribution in [0.25, 0.3) is 0 Å². The van der Waals surface area contributed by atoms with Gasteiger partial charge in [0.25, 0.3) is 0 Å². The molecule has 0 atom stereocenters. The summed E-state index contributed by atoms with van der Waals surface area (Å²) in [6, 6.07) is 10.3. The molecule has 0 unspecified atom stereocenters. The number of rotatable bonds is 0. The molecule has 0 aliphatic rings. The van der Waals surface area contributed by atoms with Gasteiger partial charge in [0.1, 0.15) is 5.78 Å². The van der Waals surface area contributed by atoms with Gasteiger partial charge in [-0.25, -0.2) is 0 Å². The Hall–Kier alpha value is -0.820. The molecule has 1 aromatic carbocycles. The molecule has 0 aromatic heterocycles. The summed E-state index contributed by atoms with van der Waals surface area (Å²) in [5, 5.41) is 0. The summed E-state index contributed by atoms with van der Waals surface area (Å²) in [6.45, 7) is 5.14. The van der Waals surface area contributed by atoms with Crippen LogP contribution >= 0.6 is 0 Å². The molecule has 2 heteroatoms. The lowest BCUT2D eigenvalue weighted by Crippen LogP contribution is -3.00. The van der Waals surface area contributed by atoms with Gasteiger partial charge in [0.15, 0.2) is 0 Å². The summed E-state index contributed by atoms with van der Waals surface area (Å²) in [5.41, 5.74) is 1.32. The lowest BCUT2D eigenvalue weighted by atomic mass is 10.2. The van der Waals surface area contributed by atoms with Gasteiger partial charge in [-0.3, -0.25) is 0 Å². The Bertz CT molecular complexity index is 202. The van der Waals surface area contributed by atoms with E-state index in [1.807, 2.05) is 18.2 Å². The SMILES string of the molecule is CC(C)=O.Cc1ccccc1.[Cl-]. The number of carbonyl (C=O) groups excluding carboxylic acids is 1. The molecular formula is C10H14ClO-. The molecule has 0 heterocycles. The molecule has 0 fully saturated rings. The van der Waals surface area contributed by atoms with Gasteiger partial charge in [0, 0.05) is 0 Å². The summed E-state index contributed by atoms with van der Waals surface area (Å²) in [5.74, 6) is 0.167. The van der Waals surface area contributed by atoms with Crippen LogP contribution in [-0.4, -0.2) is 5.78 Å². The average Bonchev–Trinajstić information content (AvgIpc) is 1.87. The normalized spacial score (nSPS) is 7.25. The largest absolute Gasteiger partial charge is 1.00 e. The van der Waals surface area contributed by atoms with Crippen LogP contribution in [0, 0.1) is 6.92 Å². The van der Waals surface area contributed by atoms with Crippen molar-refractivity contribution in [1.29, 1.82) is 0 Å². The van der Waals surface area contributed by atoms with E-state index in [1.165, 1.54) is 19.4 Å². The number of hydrogen-bond donors (Lipinski definition) is 0. The second-order valence-electron chi connectivity index (χ2n) is 2.56. The van der Waals surface area contributed by atoms with E-state index in [9.17, 15) is 4.79 Å². The summed E-state index contributed by atoms with van der Waals surface area (Å²) >= 11 is 0. The van der Waals surface area contributed by atoms with Crippen molar-refractivity contribution < 1.29 is 17.2 Å². The van der Waals surface area contributed by atoms with Crippen molar-refractivity contribution in [3.63, 3.8) is 0 Å². The van der Waals surface area contributed by atoms with Crippen LogP contribution < -0.4 is 12.4 Å². The number of halogens is 1. The third-order valence-corrected chi connectivity index (χ3v) is 0.940. The second kappa shape index (κ2) is 8.28. The average molecular weight is 186 g/mol. The summed E-state index contributed by atoms with van der Waals surface area (Å²) < 4.78 is 0. The number of carbonyl (C=O) groups is 1. The minimum absolute atomic E-state index is 0. The zero-order valence-corrected chi connectivity index (χ0v) is 8.43. The van der Waals surface area contributed by atoms with Crippen LogP contribution in [0.15, 0.2) is 30.3 Å².